The van der Waals surface area contributed by atoms with Crippen LogP contribution in [0, 0.1) is 13.8 Å². The van der Waals surface area contributed by atoms with Gasteiger partial charge in [0, 0.05) is 21.8 Å². The second kappa shape index (κ2) is 8.71. The number of thioether (sulfide) groups is 1. The van der Waals surface area contributed by atoms with E-state index in [1.807, 2.05) is 61.7 Å². The number of carbonyl (C=O) groups is 1. The van der Waals surface area contributed by atoms with E-state index in [-0.39, 0.29) is 12.3 Å². The summed E-state index contributed by atoms with van der Waals surface area (Å²) in [5, 5.41) is 5.70. The highest BCUT2D eigenvalue weighted by Crippen LogP contribution is 2.27. The van der Waals surface area contributed by atoms with Gasteiger partial charge in [-0.1, -0.05) is 53.7 Å². The fourth-order valence-corrected chi connectivity index (χ4v) is 4.45. The van der Waals surface area contributed by atoms with Crippen LogP contribution in [-0.4, -0.2) is 10.9 Å². The zero-order valence-electron chi connectivity index (χ0n) is 14.6. The van der Waals surface area contributed by atoms with Crippen LogP contribution in [0.15, 0.2) is 52.2 Å². The molecule has 3 nitrogen and oxygen atoms in total. The number of thiazole rings is 1. The first-order chi connectivity index (χ1) is 12.5. The van der Waals surface area contributed by atoms with Crippen molar-refractivity contribution in [2.75, 3.05) is 5.32 Å². The van der Waals surface area contributed by atoms with Crippen molar-refractivity contribution in [2.45, 2.75) is 30.4 Å². The predicted molar refractivity (Wildman–Crippen MR) is 111 cm³/mol. The Bertz CT molecular complexity index is 886. The number of amides is 1. The third kappa shape index (κ3) is 5.10. The first kappa shape index (κ1) is 19.0. The normalized spacial score (nSPS) is 10.7. The predicted octanol–water partition coefficient (Wildman–Crippen LogP) is 5.89. The Balaban J connectivity index is 1.56. The molecule has 0 fully saturated rings. The second-order valence-corrected chi connectivity index (χ2v) is 8.53. The fourth-order valence-electron chi connectivity index (χ4n) is 2.52. The average Bonchev–Trinajstić information content (AvgIpc) is 3.05. The summed E-state index contributed by atoms with van der Waals surface area (Å²) in [4.78, 5) is 16.9. The van der Waals surface area contributed by atoms with Crippen LogP contribution in [-0.2, 0) is 17.0 Å². The summed E-state index contributed by atoms with van der Waals surface area (Å²) >= 11 is 9.14. The summed E-state index contributed by atoms with van der Waals surface area (Å²) in [5.41, 5.74) is 5.03. The van der Waals surface area contributed by atoms with Crippen LogP contribution < -0.4 is 5.32 Å². The Labute approximate surface area is 166 Å². The summed E-state index contributed by atoms with van der Waals surface area (Å²) in [5.74, 6) is 0.792. The van der Waals surface area contributed by atoms with Crippen LogP contribution in [0.5, 0.6) is 0 Å². The molecule has 0 aliphatic heterocycles. The maximum atomic E-state index is 12.3. The summed E-state index contributed by atoms with van der Waals surface area (Å²) in [6, 6.07) is 13.8. The third-order valence-electron chi connectivity index (χ3n) is 3.89. The molecule has 3 rings (SSSR count). The molecule has 26 heavy (non-hydrogen) atoms. The monoisotopic (exact) mass is 402 g/mol. The number of halogens is 1. The molecule has 6 heteroatoms. The lowest BCUT2D eigenvalue weighted by Crippen LogP contribution is -2.16. The van der Waals surface area contributed by atoms with E-state index in [0.717, 1.165) is 37.6 Å². The number of benzene rings is 2. The first-order valence-corrected chi connectivity index (χ1v) is 10.4. The number of hydrogen-bond acceptors (Lipinski definition) is 4. The summed E-state index contributed by atoms with van der Waals surface area (Å²) in [6.45, 7) is 3.99. The molecule has 3 aromatic rings. The van der Waals surface area contributed by atoms with Crippen molar-refractivity contribution in [3.63, 3.8) is 0 Å². The number of hydrogen-bond donors (Lipinski definition) is 1. The fraction of sp³-hybridized carbons (Fsp3) is 0.200. The van der Waals surface area contributed by atoms with Gasteiger partial charge < -0.3 is 5.32 Å². The maximum absolute atomic E-state index is 12.3. The molecule has 1 aromatic heterocycles. The minimum Gasteiger partial charge on any atom is -0.325 e. The number of rotatable bonds is 6. The highest BCUT2D eigenvalue weighted by molar-refractivity contribution is 8.00. The minimum absolute atomic E-state index is 0.0399. The van der Waals surface area contributed by atoms with E-state index in [4.69, 9.17) is 11.6 Å². The first-order valence-electron chi connectivity index (χ1n) is 8.19. The van der Waals surface area contributed by atoms with Crippen molar-refractivity contribution < 1.29 is 4.79 Å². The van der Waals surface area contributed by atoms with E-state index >= 15 is 0 Å². The molecule has 134 valence electrons. The Morgan fingerprint density at radius 2 is 1.85 bits per heavy atom. The van der Waals surface area contributed by atoms with Gasteiger partial charge in [0.2, 0.25) is 5.91 Å². The number of para-hydroxylation sites is 1. The van der Waals surface area contributed by atoms with E-state index < -0.39 is 0 Å². The number of aryl methyl sites for hydroxylation is 2. The van der Waals surface area contributed by atoms with Crippen molar-refractivity contribution in [3.05, 3.63) is 75.3 Å². The Kier molecular flexibility index (Phi) is 6.35. The molecular formula is C20H19ClN2OS2. The van der Waals surface area contributed by atoms with E-state index in [0.29, 0.717) is 0 Å². The highest BCUT2D eigenvalue weighted by atomic mass is 35.5. The molecule has 1 heterocycles. The Morgan fingerprint density at radius 1 is 1.15 bits per heavy atom. The summed E-state index contributed by atoms with van der Waals surface area (Å²) < 4.78 is 0.967. The van der Waals surface area contributed by atoms with E-state index in [1.165, 1.54) is 5.56 Å². The van der Waals surface area contributed by atoms with Gasteiger partial charge in [-0.15, -0.1) is 11.3 Å². The minimum atomic E-state index is -0.0399. The zero-order valence-corrected chi connectivity index (χ0v) is 17.0. The lowest BCUT2D eigenvalue weighted by molar-refractivity contribution is -0.115. The van der Waals surface area contributed by atoms with Gasteiger partial charge in [0.1, 0.15) is 4.34 Å². The molecule has 0 saturated heterocycles. The van der Waals surface area contributed by atoms with Gasteiger partial charge in [-0.05, 0) is 42.7 Å². The van der Waals surface area contributed by atoms with Crippen molar-refractivity contribution in [3.8, 4) is 0 Å². The van der Waals surface area contributed by atoms with E-state index in [1.54, 1.807) is 23.1 Å². The zero-order chi connectivity index (χ0) is 18.5. The molecular weight excluding hydrogens is 384 g/mol. The molecule has 0 aliphatic carbocycles. The smallest absolute Gasteiger partial charge is 0.230 e. The molecule has 0 bridgehead atoms. The van der Waals surface area contributed by atoms with Gasteiger partial charge in [-0.2, -0.15) is 0 Å². The van der Waals surface area contributed by atoms with Gasteiger partial charge in [0.05, 0.1) is 12.1 Å². The summed E-state index contributed by atoms with van der Waals surface area (Å²) in [6.07, 6.45) is 0.284. The number of nitrogens with zero attached hydrogens (tertiary/aromatic N) is 1. The lowest BCUT2D eigenvalue weighted by atomic mass is 10.1. The number of aromatic nitrogens is 1. The Morgan fingerprint density at radius 3 is 2.54 bits per heavy atom. The van der Waals surface area contributed by atoms with Gasteiger partial charge >= 0.3 is 0 Å². The molecule has 0 unspecified atom stereocenters. The molecule has 0 saturated carbocycles. The van der Waals surface area contributed by atoms with Gasteiger partial charge in [0.15, 0.2) is 0 Å². The molecule has 1 amide bonds. The molecule has 2 aromatic carbocycles. The SMILES string of the molecule is Cc1cccc(C)c1NC(=O)Cc1csc(SCc2ccc(Cl)cc2)n1. The van der Waals surface area contributed by atoms with Crippen LogP contribution in [0.3, 0.4) is 0 Å². The molecule has 0 spiro atoms. The van der Waals surface area contributed by atoms with Crippen LogP contribution in [0.25, 0.3) is 0 Å². The second-order valence-electron chi connectivity index (χ2n) is 6.01. The quantitative estimate of drug-likeness (QED) is 0.523. The van der Waals surface area contributed by atoms with Crippen molar-refractivity contribution >= 4 is 46.3 Å². The summed E-state index contributed by atoms with van der Waals surface area (Å²) in [7, 11) is 0. The maximum Gasteiger partial charge on any atom is 0.230 e. The van der Waals surface area contributed by atoms with Crippen molar-refractivity contribution in [1.82, 2.24) is 4.98 Å². The highest BCUT2D eigenvalue weighted by Gasteiger charge is 2.11. The van der Waals surface area contributed by atoms with Crippen molar-refractivity contribution in [1.29, 1.82) is 0 Å². The topological polar surface area (TPSA) is 42.0 Å². The van der Waals surface area contributed by atoms with E-state index in [2.05, 4.69) is 10.3 Å². The van der Waals surface area contributed by atoms with Crippen LogP contribution in [0.1, 0.15) is 22.4 Å². The average molecular weight is 403 g/mol. The van der Waals surface area contributed by atoms with Gasteiger partial charge in [-0.25, -0.2) is 4.98 Å². The number of nitrogens with one attached hydrogen (secondary N) is 1. The largest absolute Gasteiger partial charge is 0.325 e. The standard InChI is InChI=1S/C20H19ClN2OS2/c1-13-4-3-5-14(2)19(13)23-18(24)10-17-12-26-20(22-17)25-11-15-6-8-16(21)9-7-15/h3-9,12H,10-11H2,1-2H3,(H,23,24). The van der Waals surface area contributed by atoms with Crippen LogP contribution >= 0.6 is 34.7 Å². The molecule has 0 radical (unpaired) electrons. The molecule has 0 aliphatic rings. The lowest BCUT2D eigenvalue weighted by Gasteiger charge is -2.10. The number of anilines is 1. The third-order valence-corrected chi connectivity index (χ3v) is 6.29. The molecule has 1 N–H and O–H groups in total. The van der Waals surface area contributed by atoms with Crippen molar-refractivity contribution in [2.24, 2.45) is 0 Å². The van der Waals surface area contributed by atoms with Crippen LogP contribution in [0.4, 0.5) is 5.69 Å². The van der Waals surface area contributed by atoms with Gasteiger partial charge in [0.25, 0.3) is 0 Å². The Hall–Kier alpha value is -1.82. The van der Waals surface area contributed by atoms with E-state index in [9.17, 15) is 4.79 Å². The number of carbonyl (C=O) groups excluding carboxylic acids is 1. The molecule has 0 atom stereocenters. The van der Waals surface area contributed by atoms with Crippen LogP contribution in [0.2, 0.25) is 5.02 Å². The van der Waals surface area contributed by atoms with Gasteiger partial charge in [-0.3, -0.25) is 4.79 Å².